The van der Waals surface area contributed by atoms with Crippen LogP contribution in [0.5, 0.6) is 0 Å². The molecule has 0 saturated carbocycles. The lowest BCUT2D eigenvalue weighted by atomic mass is 10.0. The van der Waals surface area contributed by atoms with Crippen molar-refractivity contribution in [3.63, 3.8) is 0 Å². The molecule has 8 heteroatoms. The number of amides is 3. The van der Waals surface area contributed by atoms with Gasteiger partial charge < -0.3 is 5.32 Å². The number of nitro groups is 1. The first-order valence-corrected chi connectivity index (χ1v) is 10.3. The van der Waals surface area contributed by atoms with E-state index in [4.69, 9.17) is 0 Å². The molecule has 1 aliphatic rings. The Balaban J connectivity index is 1.48. The third kappa shape index (κ3) is 4.79. The van der Waals surface area contributed by atoms with Crippen molar-refractivity contribution in [2.75, 3.05) is 11.9 Å². The SMILES string of the molecule is CC(C)c1ccccc1NC(=O)CCCCCN1C(=O)c2cccc([N+](=O)[O-])c2C1=O. The van der Waals surface area contributed by atoms with Gasteiger partial charge in [0.1, 0.15) is 5.56 Å². The van der Waals surface area contributed by atoms with Crippen molar-refractivity contribution >= 4 is 29.1 Å². The van der Waals surface area contributed by atoms with Crippen molar-refractivity contribution in [1.29, 1.82) is 0 Å². The lowest BCUT2D eigenvalue weighted by Crippen LogP contribution is -2.30. The highest BCUT2D eigenvalue weighted by molar-refractivity contribution is 6.23. The zero-order valence-corrected chi connectivity index (χ0v) is 17.6. The van der Waals surface area contributed by atoms with E-state index in [1.54, 1.807) is 0 Å². The molecule has 0 saturated heterocycles. The first-order valence-electron chi connectivity index (χ1n) is 10.3. The summed E-state index contributed by atoms with van der Waals surface area (Å²) in [6.45, 7) is 4.30. The van der Waals surface area contributed by atoms with Gasteiger partial charge in [0.15, 0.2) is 0 Å². The van der Waals surface area contributed by atoms with Gasteiger partial charge in [-0.25, -0.2) is 0 Å². The molecular weight excluding hydrogens is 398 g/mol. The van der Waals surface area contributed by atoms with Crippen LogP contribution in [-0.4, -0.2) is 34.1 Å². The molecule has 0 unspecified atom stereocenters. The predicted octanol–water partition coefficient (Wildman–Crippen LogP) is 4.51. The third-order valence-electron chi connectivity index (χ3n) is 5.32. The summed E-state index contributed by atoms with van der Waals surface area (Å²) >= 11 is 0. The van der Waals surface area contributed by atoms with Gasteiger partial charge in [0.25, 0.3) is 17.5 Å². The summed E-state index contributed by atoms with van der Waals surface area (Å²) < 4.78 is 0. The van der Waals surface area contributed by atoms with Crippen LogP contribution < -0.4 is 5.32 Å². The summed E-state index contributed by atoms with van der Waals surface area (Å²) in [6, 6.07) is 11.8. The number of benzene rings is 2. The Hall–Kier alpha value is -3.55. The molecule has 0 spiro atoms. The van der Waals surface area contributed by atoms with Crippen molar-refractivity contribution in [2.24, 2.45) is 0 Å². The highest BCUT2D eigenvalue weighted by atomic mass is 16.6. The number of fused-ring (bicyclic) bond motifs is 1. The molecule has 1 heterocycles. The molecule has 0 radical (unpaired) electrons. The molecule has 0 aromatic heterocycles. The van der Waals surface area contributed by atoms with Crippen molar-refractivity contribution in [1.82, 2.24) is 4.90 Å². The van der Waals surface area contributed by atoms with E-state index in [9.17, 15) is 24.5 Å². The number of hydrogen-bond acceptors (Lipinski definition) is 5. The number of carbonyl (C=O) groups is 3. The number of anilines is 1. The second kappa shape index (κ2) is 9.51. The maximum absolute atomic E-state index is 12.5. The number of rotatable bonds is 9. The van der Waals surface area contributed by atoms with Crippen LogP contribution in [0, 0.1) is 10.1 Å². The standard InChI is InChI=1S/C23H25N3O5/c1-15(2)16-9-5-6-11-18(16)24-20(27)13-4-3-7-14-25-22(28)17-10-8-12-19(26(30)31)21(17)23(25)29/h5-6,8-12,15H,3-4,7,13-14H2,1-2H3,(H,24,27). The Morgan fingerprint density at radius 1 is 1.03 bits per heavy atom. The summed E-state index contributed by atoms with van der Waals surface area (Å²) in [7, 11) is 0. The smallest absolute Gasteiger partial charge is 0.282 e. The minimum absolute atomic E-state index is 0.0717. The van der Waals surface area contributed by atoms with Gasteiger partial charge in [0, 0.05) is 24.7 Å². The molecule has 1 N–H and O–H groups in total. The van der Waals surface area contributed by atoms with Gasteiger partial charge in [0.05, 0.1) is 10.5 Å². The summed E-state index contributed by atoms with van der Waals surface area (Å²) in [5, 5.41) is 14.1. The summed E-state index contributed by atoms with van der Waals surface area (Å²) in [5.74, 6) is -0.918. The van der Waals surface area contributed by atoms with Crippen LogP contribution in [-0.2, 0) is 4.79 Å². The summed E-state index contributed by atoms with van der Waals surface area (Å²) in [5.41, 5.74) is 1.48. The monoisotopic (exact) mass is 423 g/mol. The van der Waals surface area contributed by atoms with E-state index in [2.05, 4.69) is 19.2 Å². The van der Waals surface area contributed by atoms with Crippen molar-refractivity contribution in [3.05, 3.63) is 69.3 Å². The average molecular weight is 423 g/mol. The molecule has 2 aromatic carbocycles. The fourth-order valence-electron chi connectivity index (χ4n) is 3.73. The van der Waals surface area contributed by atoms with Crippen LogP contribution in [0.3, 0.4) is 0 Å². The molecule has 2 aromatic rings. The van der Waals surface area contributed by atoms with Crippen LogP contribution in [0.2, 0.25) is 0 Å². The Labute approximate surface area is 180 Å². The molecule has 3 amide bonds. The highest BCUT2D eigenvalue weighted by Gasteiger charge is 2.40. The molecule has 0 bridgehead atoms. The number of nitro benzene ring substituents is 1. The predicted molar refractivity (Wildman–Crippen MR) is 116 cm³/mol. The average Bonchev–Trinajstić information content (AvgIpc) is 2.98. The molecule has 1 aliphatic heterocycles. The molecule has 162 valence electrons. The van der Waals surface area contributed by atoms with Gasteiger partial charge in [0.2, 0.25) is 5.91 Å². The van der Waals surface area contributed by atoms with Gasteiger partial charge >= 0.3 is 0 Å². The van der Waals surface area contributed by atoms with Crippen LogP contribution in [0.1, 0.15) is 71.7 Å². The Kier molecular flexibility index (Phi) is 6.79. The van der Waals surface area contributed by atoms with Gasteiger partial charge in [-0.1, -0.05) is 44.5 Å². The first-order chi connectivity index (χ1) is 14.8. The number of nitrogens with one attached hydrogen (secondary N) is 1. The van der Waals surface area contributed by atoms with E-state index in [0.717, 1.165) is 16.2 Å². The third-order valence-corrected chi connectivity index (χ3v) is 5.32. The number of imide groups is 1. The largest absolute Gasteiger partial charge is 0.326 e. The maximum atomic E-state index is 12.5. The van der Waals surface area contributed by atoms with E-state index >= 15 is 0 Å². The van der Waals surface area contributed by atoms with Crippen LogP contribution in [0.15, 0.2) is 42.5 Å². The van der Waals surface area contributed by atoms with E-state index in [-0.39, 0.29) is 29.3 Å². The number of carbonyl (C=O) groups excluding carboxylic acids is 3. The first kappa shape index (κ1) is 22.1. The molecule has 8 nitrogen and oxygen atoms in total. The lowest BCUT2D eigenvalue weighted by Gasteiger charge is -2.14. The number of hydrogen-bond donors (Lipinski definition) is 1. The van der Waals surface area contributed by atoms with E-state index in [1.165, 1.54) is 18.2 Å². The fraction of sp³-hybridized carbons (Fsp3) is 0.348. The number of nitrogens with zero attached hydrogens (tertiary/aromatic N) is 2. The van der Waals surface area contributed by atoms with E-state index < -0.39 is 16.7 Å². The zero-order valence-electron chi connectivity index (χ0n) is 17.6. The molecular formula is C23H25N3O5. The molecule has 0 atom stereocenters. The minimum Gasteiger partial charge on any atom is -0.326 e. The molecule has 0 aliphatic carbocycles. The van der Waals surface area contributed by atoms with Gasteiger partial charge in [-0.05, 0) is 36.5 Å². The Morgan fingerprint density at radius 2 is 1.77 bits per heavy atom. The molecule has 3 rings (SSSR count). The zero-order chi connectivity index (χ0) is 22.5. The second-order valence-corrected chi connectivity index (χ2v) is 7.82. The van der Waals surface area contributed by atoms with Gasteiger partial charge in [-0.2, -0.15) is 0 Å². The van der Waals surface area contributed by atoms with Gasteiger partial charge in [-0.15, -0.1) is 0 Å². The second-order valence-electron chi connectivity index (χ2n) is 7.82. The lowest BCUT2D eigenvalue weighted by molar-refractivity contribution is -0.385. The van der Waals surface area contributed by atoms with Gasteiger partial charge in [-0.3, -0.25) is 29.4 Å². The fourth-order valence-corrected chi connectivity index (χ4v) is 3.73. The van der Waals surface area contributed by atoms with Crippen LogP contribution >= 0.6 is 0 Å². The number of para-hydroxylation sites is 1. The highest BCUT2D eigenvalue weighted by Crippen LogP contribution is 2.31. The molecule has 31 heavy (non-hydrogen) atoms. The summed E-state index contributed by atoms with van der Waals surface area (Å²) in [4.78, 5) is 48.8. The van der Waals surface area contributed by atoms with E-state index in [1.807, 2.05) is 24.3 Å². The topological polar surface area (TPSA) is 110 Å². The van der Waals surface area contributed by atoms with E-state index in [0.29, 0.717) is 31.6 Å². The van der Waals surface area contributed by atoms with Crippen molar-refractivity contribution in [3.8, 4) is 0 Å². The van der Waals surface area contributed by atoms with Crippen LogP contribution in [0.25, 0.3) is 0 Å². The molecule has 0 fully saturated rings. The van der Waals surface area contributed by atoms with Crippen molar-refractivity contribution < 1.29 is 19.3 Å². The van der Waals surface area contributed by atoms with Crippen LogP contribution in [0.4, 0.5) is 11.4 Å². The maximum Gasteiger partial charge on any atom is 0.282 e. The quantitative estimate of drug-likeness (QED) is 0.276. The Morgan fingerprint density at radius 3 is 2.48 bits per heavy atom. The minimum atomic E-state index is -0.649. The number of unbranched alkanes of at least 4 members (excludes halogenated alkanes) is 2. The normalized spacial score (nSPS) is 12.9. The Bertz CT molecular complexity index is 1030. The van der Waals surface area contributed by atoms with Crippen molar-refractivity contribution in [2.45, 2.75) is 45.4 Å². The summed E-state index contributed by atoms with van der Waals surface area (Å²) in [6.07, 6.45) is 2.11.